The van der Waals surface area contributed by atoms with Gasteiger partial charge in [0.25, 0.3) is 11.5 Å². The molecule has 100 valence electrons. The number of nitrogens with zero attached hydrogens (tertiary/aromatic N) is 2. The maximum absolute atomic E-state index is 12.3. The van der Waals surface area contributed by atoms with E-state index in [0.717, 1.165) is 0 Å². The quantitative estimate of drug-likeness (QED) is 0.824. The van der Waals surface area contributed by atoms with Gasteiger partial charge in [-0.25, -0.2) is 5.10 Å². The van der Waals surface area contributed by atoms with Crippen molar-refractivity contribution in [2.75, 3.05) is 27.2 Å². The highest BCUT2D eigenvalue weighted by molar-refractivity contribution is 6.04. The summed E-state index contributed by atoms with van der Waals surface area (Å²) in [6.07, 6.45) is 0. The van der Waals surface area contributed by atoms with E-state index in [1.165, 1.54) is 0 Å². The second-order valence-corrected chi connectivity index (χ2v) is 4.28. The maximum atomic E-state index is 12.3. The third-order valence-electron chi connectivity index (χ3n) is 2.94. The number of amides is 1. The highest BCUT2D eigenvalue weighted by Gasteiger charge is 2.17. The van der Waals surface area contributed by atoms with Gasteiger partial charge in [-0.1, -0.05) is 18.2 Å². The Hall–Kier alpha value is -2.21. The third kappa shape index (κ3) is 2.63. The first kappa shape index (κ1) is 13.2. The molecular formula is C13H16N4O2. The van der Waals surface area contributed by atoms with Gasteiger partial charge in [0.1, 0.15) is 0 Å². The number of hydrogen-bond donors (Lipinski definition) is 2. The van der Waals surface area contributed by atoms with Gasteiger partial charge < -0.3 is 10.2 Å². The van der Waals surface area contributed by atoms with Gasteiger partial charge in [-0.2, -0.15) is 5.10 Å². The molecule has 0 spiro atoms. The summed E-state index contributed by atoms with van der Waals surface area (Å²) in [5.74, 6) is -0.206. The Morgan fingerprint density at radius 3 is 2.74 bits per heavy atom. The van der Waals surface area contributed by atoms with Crippen LogP contribution in [0, 0.1) is 0 Å². The Morgan fingerprint density at radius 1 is 1.37 bits per heavy atom. The Labute approximate surface area is 110 Å². The summed E-state index contributed by atoms with van der Waals surface area (Å²) < 4.78 is 0. The standard InChI is InChI=1S/C13H16N4O2/c1-14-7-8-17(2)13(19)11-9-5-3-4-6-10(9)12(18)16-15-11/h3-6,14H,7-8H2,1-2H3,(H,16,18). The number of H-pyrrole nitrogens is 1. The molecule has 0 fully saturated rings. The van der Waals surface area contributed by atoms with Gasteiger partial charge in [-0.3, -0.25) is 9.59 Å². The van der Waals surface area contributed by atoms with Gasteiger partial charge in [0.05, 0.1) is 5.39 Å². The van der Waals surface area contributed by atoms with Crippen LogP contribution < -0.4 is 10.9 Å². The van der Waals surface area contributed by atoms with Crippen LogP contribution in [0.5, 0.6) is 0 Å². The second kappa shape index (κ2) is 5.62. The summed E-state index contributed by atoms with van der Waals surface area (Å²) in [6.45, 7) is 1.27. The first-order valence-electron chi connectivity index (χ1n) is 6.02. The van der Waals surface area contributed by atoms with Gasteiger partial charge in [-0.05, 0) is 13.1 Å². The van der Waals surface area contributed by atoms with Crippen LogP contribution in [0.3, 0.4) is 0 Å². The van der Waals surface area contributed by atoms with Gasteiger partial charge in [0.2, 0.25) is 0 Å². The fraction of sp³-hybridized carbons (Fsp3) is 0.308. The number of benzene rings is 1. The molecule has 1 aromatic heterocycles. The number of aromatic nitrogens is 2. The van der Waals surface area contributed by atoms with E-state index in [2.05, 4.69) is 15.5 Å². The van der Waals surface area contributed by atoms with Gasteiger partial charge in [0, 0.05) is 25.5 Å². The number of carbonyl (C=O) groups is 1. The first-order chi connectivity index (χ1) is 9.15. The molecule has 0 aliphatic rings. The highest BCUT2D eigenvalue weighted by Crippen LogP contribution is 2.13. The third-order valence-corrected chi connectivity index (χ3v) is 2.94. The molecule has 0 radical (unpaired) electrons. The molecule has 0 unspecified atom stereocenters. The fourth-order valence-electron chi connectivity index (χ4n) is 1.84. The summed E-state index contributed by atoms with van der Waals surface area (Å²) in [5, 5.41) is 10.3. The van der Waals surface area contributed by atoms with E-state index in [9.17, 15) is 9.59 Å². The predicted octanol–water partition coefficient (Wildman–Crippen LogP) is 0.215. The van der Waals surface area contributed by atoms with Crippen molar-refractivity contribution in [1.29, 1.82) is 0 Å². The SMILES string of the molecule is CNCCN(C)C(=O)c1n[nH]c(=O)c2ccccc12. The Morgan fingerprint density at radius 2 is 2.05 bits per heavy atom. The van der Waals surface area contributed by atoms with Crippen molar-refractivity contribution >= 4 is 16.7 Å². The lowest BCUT2D eigenvalue weighted by Gasteiger charge is -2.16. The summed E-state index contributed by atoms with van der Waals surface area (Å²) in [4.78, 5) is 25.5. The number of likely N-dealkylation sites (N-methyl/N-ethyl adjacent to an activating group) is 2. The summed E-state index contributed by atoms with van der Waals surface area (Å²) >= 11 is 0. The van der Waals surface area contributed by atoms with E-state index in [0.29, 0.717) is 23.9 Å². The molecule has 0 saturated carbocycles. The molecule has 1 amide bonds. The molecule has 0 atom stereocenters. The van der Waals surface area contributed by atoms with Crippen molar-refractivity contribution in [1.82, 2.24) is 20.4 Å². The van der Waals surface area contributed by atoms with Gasteiger partial charge in [0.15, 0.2) is 5.69 Å². The lowest BCUT2D eigenvalue weighted by Crippen LogP contribution is -2.34. The number of nitrogens with one attached hydrogen (secondary N) is 2. The minimum atomic E-state index is -0.287. The number of hydrogen-bond acceptors (Lipinski definition) is 4. The van der Waals surface area contributed by atoms with E-state index in [1.807, 2.05) is 7.05 Å². The number of rotatable bonds is 4. The number of aromatic amines is 1. The number of carbonyl (C=O) groups excluding carboxylic acids is 1. The molecule has 0 saturated heterocycles. The molecule has 1 heterocycles. The largest absolute Gasteiger partial charge is 0.339 e. The summed E-state index contributed by atoms with van der Waals surface area (Å²) in [7, 11) is 3.53. The van der Waals surface area contributed by atoms with Crippen LogP contribution in [-0.4, -0.2) is 48.2 Å². The maximum Gasteiger partial charge on any atom is 0.274 e. The molecule has 2 rings (SSSR count). The zero-order valence-electron chi connectivity index (χ0n) is 10.9. The number of fused-ring (bicyclic) bond motifs is 1. The van der Waals surface area contributed by atoms with Crippen LogP contribution in [0.15, 0.2) is 29.1 Å². The molecule has 0 aliphatic heterocycles. The second-order valence-electron chi connectivity index (χ2n) is 4.28. The predicted molar refractivity (Wildman–Crippen MR) is 73.3 cm³/mol. The van der Waals surface area contributed by atoms with Crippen molar-refractivity contribution in [3.63, 3.8) is 0 Å². The van der Waals surface area contributed by atoms with Crippen LogP contribution in [0.2, 0.25) is 0 Å². The molecule has 2 aromatic rings. The monoisotopic (exact) mass is 260 g/mol. The lowest BCUT2D eigenvalue weighted by molar-refractivity contribution is 0.0792. The smallest absolute Gasteiger partial charge is 0.274 e. The Bertz CT molecular complexity index is 650. The van der Waals surface area contributed by atoms with Crippen LogP contribution >= 0.6 is 0 Å². The van der Waals surface area contributed by atoms with Crippen LogP contribution in [0.25, 0.3) is 10.8 Å². The van der Waals surface area contributed by atoms with Crippen molar-refractivity contribution < 1.29 is 4.79 Å². The van der Waals surface area contributed by atoms with Crippen molar-refractivity contribution in [3.05, 3.63) is 40.3 Å². The van der Waals surface area contributed by atoms with E-state index < -0.39 is 0 Å². The van der Waals surface area contributed by atoms with Crippen molar-refractivity contribution in [3.8, 4) is 0 Å². The fourth-order valence-corrected chi connectivity index (χ4v) is 1.84. The first-order valence-corrected chi connectivity index (χ1v) is 6.02. The summed E-state index contributed by atoms with van der Waals surface area (Å²) in [5.41, 5.74) is -0.0150. The zero-order chi connectivity index (χ0) is 13.8. The molecule has 19 heavy (non-hydrogen) atoms. The van der Waals surface area contributed by atoms with Gasteiger partial charge >= 0.3 is 0 Å². The average molecular weight is 260 g/mol. The van der Waals surface area contributed by atoms with Crippen molar-refractivity contribution in [2.24, 2.45) is 0 Å². The summed E-state index contributed by atoms with van der Waals surface area (Å²) in [6, 6.07) is 6.96. The minimum absolute atomic E-state index is 0.206. The molecule has 6 nitrogen and oxygen atoms in total. The normalized spacial score (nSPS) is 10.6. The van der Waals surface area contributed by atoms with Crippen LogP contribution in [-0.2, 0) is 0 Å². The molecule has 0 bridgehead atoms. The topological polar surface area (TPSA) is 78.1 Å². The molecule has 0 aliphatic carbocycles. The van der Waals surface area contributed by atoms with Gasteiger partial charge in [-0.15, -0.1) is 0 Å². The molecular weight excluding hydrogens is 244 g/mol. The lowest BCUT2D eigenvalue weighted by atomic mass is 10.1. The minimum Gasteiger partial charge on any atom is -0.339 e. The van der Waals surface area contributed by atoms with E-state index >= 15 is 0 Å². The van der Waals surface area contributed by atoms with Crippen molar-refractivity contribution in [2.45, 2.75) is 0 Å². The Kier molecular flexibility index (Phi) is 3.91. The Balaban J connectivity index is 2.43. The molecule has 1 aromatic carbocycles. The van der Waals surface area contributed by atoms with E-state index in [1.54, 1.807) is 36.2 Å². The van der Waals surface area contributed by atoms with E-state index in [4.69, 9.17) is 0 Å². The molecule has 6 heteroatoms. The highest BCUT2D eigenvalue weighted by atomic mass is 16.2. The van der Waals surface area contributed by atoms with E-state index in [-0.39, 0.29) is 17.2 Å². The average Bonchev–Trinajstić information content (AvgIpc) is 2.45. The molecule has 2 N–H and O–H groups in total. The van der Waals surface area contributed by atoms with Crippen LogP contribution in [0.4, 0.5) is 0 Å². The zero-order valence-corrected chi connectivity index (χ0v) is 10.9. The van der Waals surface area contributed by atoms with Crippen LogP contribution in [0.1, 0.15) is 10.5 Å².